The fraction of sp³-hybridized carbons (Fsp3) is 0.444. The largest absolute Gasteiger partial charge is 0.484 e. The van der Waals surface area contributed by atoms with Crippen molar-refractivity contribution in [2.24, 2.45) is 13.0 Å². The Morgan fingerprint density at radius 1 is 1.44 bits per heavy atom. The molecule has 0 fully saturated rings. The van der Waals surface area contributed by atoms with Crippen LogP contribution < -0.4 is 10.1 Å². The first kappa shape index (κ1) is 21.1. The summed E-state index contributed by atoms with van der Waals surface area (Å²) in [7, 11) is 1.80. The SMILES string of the molecule is CC(C)[C@](C)(C#N)NC(=O)CSc1nnc(COc2ccccc2Cl)n1C. The van der Waals surface area contributed by atoms with Crippen molar-refractivity contribution < 1.29 is 9.53 Å². The Bertz CT molecular complexity index is 849. The second-order valence-electron chi connectivity index (χ2n) is 6.48. The molecule has 1 amide bonds. The molecular weight excluding hydrogens is 386 g/mol. The number of amides is 1. The molecule has 1 heterocycles. The maximum Gasteiger partial charge on any atom is 0.231 e. The van der Waals surface area contributed by atoms with E-state index in [0.29, 0.717) is 21.8 Å². The van der Waals surface area contributed by atoms with Crippen molar-refractivity contribution in [3.63, 3.8) is 0 Å². The summed E-state index contributed by atoms with van der Waals surface area (Å²) in [6, 6.07) is 9.35. The van der Waals surface area contributed by atoms with Crippen LogP contribution in [-0.4, -0.2) is 32.0 Å². The summed E-state index contributed by atoms with van der Waals surface area (Å²) in [6.45, 7) is 5.71. The van der Waals surface area contributed by atoms with Gasteiger partial charge in [0.1, 0.15) is 17.9 Å². The Hall–Kier alpha value is -2.24. The highest BCUT2D eigenvalue weighted by atomic mass is 35.5. The Kier molecular flexibility index (Phi) is 7.11. The van der Waals surface area contributed by atoms with E-state index < -0.39 is 5.54 Å². The molecule has 0 saturated carbocycles. The van der Waals surface area contributed by atoms with Gasteiger partial charge in [-0.3, -0.25) is 4.79 Å². The lowest BCUT2D eigenvalue weighted by molar-refractivity contribution is -0.120. The lowest BCUT2D eigenvalue weighted by atomic mass is 9.90. The lowest BCUT2D eigenvalue weighted by Gasteiger charge is -2.27. The molecule has 0 aliphatic carbocycles. The summed E-state index contributed by atoms with van der Waals surface area (Å²) in [4.78, 5) is 12.2. The fourth-order valence-electron chi connectivity index (χ4n) is 2.06. The number of aromatic nitrogens is 3. The third-order valence-corrected chi connectivity index (χ3v) is 5.57. The van der Waals surface area contributed by atoms with Crippen molar-refractivity contribution in [1.82, 2.24) is 20.1 Å². The predicted octanol–water partition coefficient (Wildman–Crippen LogP) is 3.19. The topological polar surface area (TPSA) is 92.8 Å². The van der Waals surface area contributed by atoms with E-state index in [9.17, 15) is 10.1 Å². The summed E-state index contributed by atoms with van der Waals surface area (Å²) >= 11 is 7.32. The number of rotatable bonds is 8. The molecule has 1 aromatic heterocycles. The van der Waals surface area contributed by atoms with Crippen LogP contribution in [0, 0.1) is 17.2 Å². The molecule has 0 aliphatic rings. The van der Waals surface area contributed by atoms with Gasteiger partial charge < -0.3 is 14.6 Å². The Morgan fingerprint density at radius 2 is 2.15 bits per heavy atom. The van der Waals surface area contributed by atoms with E-state index >= 15 is 0 Å². The van der Waals surface area contributed by atoms with Crippen molar-refractivity contribution in [2.45, 2.75) is 38.1 Å². The van der Waals surface area contributed by atoms with Gasteiger partial charge in [0, 0.05) is 7.05 Å². The molecular formula is C18H22ClN5O2S. The summed E-state index contributed by atoms with van der Waals surface area (Å²) in [5.41, 5.74) is -0.897. The number of para-hydroxylation sites is 1. The molecule has 0 aliphatic heterocycles. The second kappa shape index (κ2) is 9.11. The molecule has 0 bridgehead atoms. The number of nitrogens with zero attached hydrogens (tertiary/aromatic N) is 4. The number of halogens is 1. The molecule has 2 aromatic rings. The number of nitriles is 1. The van der Waals surface area contributed by atoms with Crippen LogP contribution in [0.15, 0.2) is 29.4 Å². The molecule has 7 nitrogen and oxygen atoms in total. The maximum atomic E-state index is 12.2. The molecule has 9 heteroatoms. The highest BCUT2D eigenvalue weighted by Gasteiger charge is 2.30. The van der Waals surface area contributed by atoms with Crippen LogP contribution >= 0.6 is 23.4 Å². The highest BCUT2D eigenvalue weighted by Crippen LogP contribution is 2.24. The lowest BCUT2D eigenvalue weighted by Crippen LogP contribution is -2.49. The van der Waals surface area contributed by atoms with Crippen molar-refractivity contribution in [1.29, 1.82) is 5.26 Å². The van der Waals surface area contributed by atoms with Gasteiger partial charge in [0.25, 0.3) is 0 Å². The first-order valence-electron chi connectivity index (χ1n) is 8.37. The van der Waals surface area contributed by atoms with Crippen LogP contribution in [0.1, 0.15) is 26.6 Å². The van der Waals surface area contributed by atoms with Gasteiger partial charge in [-0.2, -0.15) is 5.26 Å². The minimum Gasteiger partial charge on any atom is -0.484 e. The Balaban J connectivity index is 1.93. The number of thioether (sulfide) groups is 1. The van der Waals surface area contributed by atoms with E-state index in [0.717, 1.165) is 0 Å². The van der Waals surface area contributed by atoms with Crippen LogP contribution in [0.3, 0.4) is 0 Å². The molecule has 0 unspecified atom stereocenters. The van der Waals surface area contributed by atoms with Crippen molar-refractivity contribution >= 4 is 29.3 Å². The molecule has 144 valence electrons. The summed E-state index contributed by atoms with van der Waals surface area (Å²) < 4.78 is 7.43. The minimum atomic E-state index is -0.897. The van der Waals surface area contributed by atoms with E-state index in [-0.39, 0.29) is 24.2 Å². The second-order valence-corrected chi connectivity index (χ2v) is 7.83. The molecule has 0 radical (unpaired) electrons. The average Bonchev–Trinajstić information content (AvgIpc) is 2.99. The summed E-state index contributed by atoms with van der Waals surface area (Å²) in [6.07, 6.45) is 0. The van der Waals surface area contributed by atoms with Gasteiger partial charge in [-0.1, -0.05) is 49.3 Å². The van der Waals surface area contributed by atoms with Crippen molar-refractivity contribution in [3.8, 4) is 11.8 Å². The van der Waals surface area contributed by atoms with Gasteiger partial charge >= 0.3 is 0 Å². The third-order valence-electron chi connectivity index (χ3n) is 4.24. The van der Waals surface area contributed by atoms with Crippen molar-refractivity contribution in [2.75, 3.05) is 5.75 Å². The van der Waals surface area contributed by atoms with Gasteiger partial charge in [-0.25, -0.2) is 0 Å². The van der Waals surface area contributed by atoms with Crippen LogP contribution in [0.5, 0.6) is 5.75 Å². The number of carbonyl (C=O) groups excluding carboxylic acids is 1. The first-order chi connectivity index (χ1) is 12.8. The maximum absolute atomic E-state index is 12.2. The first-order valence-corrected chi connectivity index (χ1v) is 9.74. The monoisotopic (exact) mass is 407 g/mol. The van der Waals surface area contributed by atoms with Gasteiger partial charge in [0.2, 0.25) is 5.91 Å². The Labute approximate surface area is 168 Å². The summed E-state index contributed by atoms with van der Waals surface area (Å²) in [5.74, 6) is 1.10. The molecule has 0 saturated heterocycles. The molecule has 27 heavy (non-hydrogen) atoms. The van der Waals surface area contributed by atoms with Crippen LogP contribution in [0.25, 0.3) is 0 Å². The van der Waals surface area contributed by atoms with E-state index in [1.54, 1.807) is 30.7 Å². The van der Waals surface area contributed by atoms with Crippen LogP contribution in [-0.2, 0) is 18.4 Å². The van der Waals surface area contributed by atoms with Gasteiger partial charge in [0.15, 0.2) is 11.0 Å². The van der Waals surface area contributed by atoms with Crippen molar-refractivity contribution in [3.05, 3.63) is 35.1 Å². The zero-order chi connectivity index (χ0) is 20.0. The zero-order valence-electron chi connectivity index (χ0n) is 15.7. The summed E-state index contributed by atoms with van der Waals surface area (Å²) in [5, 5.41) is 21.4. The quantitative estimate of drug-likeness (QED) is 0.675. The number of nitrogens with one attached hydrogen (secondary N) is 1. The predicted molar refractivity (Wildman–Crippen MR) is 105 cm³/mol. The minimum absolute atomic E-state index is 0.000148. The molecule has 2 rings (SSSR count). The van der Waals surface area contributed by atoms with Crippen LogP contribution in [0.2, 0.25) is 5.02 Å². The molecule has 1 N–H and O–H groups in total. The van der Waals surface area contributed by atoms with Crippen LogP contribution in [0.4, 0.5) is 0 Å². The Morgan fingerprint density at radius 3 is 2.78 bits per heavy atom. The van der Waals surface area contributed by atoms with Gasteiger partial charge in [0.05, 0.1) is 16.8 Å². The fourth-order valence-corrected chi connectivity index (χ4v) is 2.98. The number of carbonyl (C=O) groups is 1. The number of benzene rings is 1. The average molecular weight is 408 g/mol. The normalized spacial score (nSPS) is 13.1. The molecule has 0 spiro atoms. The third kappa shape index (κ3) is 5.37. The molecule has 1 aromatic carbocycles. The molecule has 1 atom stereocenters. The van der Waals surface area contributed by atoms with Gasteiger partial charge in [-0.05, 0) is 25.0 Å². The van der Waals surface area contributed by atoms with Gasteiger partial charge in [-0.15, -0.1) is 10.2 Å². The van der Waals surface area contributed by atoms with E-state index in [2.05, 4.69) is 21.6 Å². The standard InChI is InChI=1S/C18H22ClN5O2S/c1-12(2)18(3,11-20)21-16(25)10-27-17-23-22-15(24(17)4)9-26-14-8-6-5-7-13(14)19/h5-8,12H,9-10H2,1-4H3,(H,21,25)/t18-/m0/s1. The smallest absolute Gasteiger partial charge is 0.231 e. The van der Waals surface area contributed by atoms with E-state index in [1.807, 2.05) is 26.0 Å². The van der Waals surface area contributed by atoms with E-state index in [1.165, 1.54) is 11.8 Å². The number of hydrogen-bond donors (Lipinski definition) is 1. The highest BCUT2D eigenvalue weighted by molar-refractivity contribution is 7.99. The number of ether oxygens (including phenoxy) is 1. The zero-order valence-corrected chi connectivity index (χ0v) is 17.3. The number of hydrogen-bond acceptors (Lipinski definition) is 6. The van der Waals surface area contributed by atoms with E-state index in [4.69, 9.17) is 16.3 Å².